The van der Waals surface area contributed by atoms with Gasteiger partial charge in [-0.2, -0.15) is 0 Å². The molecule has 0 radical (unpaired) electrons. The van der Waals surface area contributed by atoms with Crippen molar-refractivity contribution in [1.82, 2.24) is 0 Å². The van der Waals surface area contributed by atoms with Crippen LogP contribution in [-0.2, 0) is 6.42 Å². The normalized spacial score (nSPS) is 26.4. The lowest BCUT2D eigenvalue weighted by Crippen LogP contribution is -2.27. The van der Waals surface area contributed by atoms with Crippen molar-refractivity contribution in [3.05, 3.63) is 38.9 Å². The molecule has 1 aliphatic rings. The van der Waals surface area contributed by atoms with Crippen molar-refractivity contribution in [2.45, 2.75) is 44.4 Å². The highest BCUT2D eigenvalue weighted by Crippen LogP contribution is 2.38. The number of nitrogens with zero attached hydrogens (tertiary/aromatic N) is 1. The average Bonchev–Trinajstić information content (AvgIpc) is 2.41. The van der Waals surface area contributed by atoms with Gasteiger partial charge in [-0.3, -0.25) is 10.1 Å². The van der Waals surface area contributed by atoms with Crippen molar-refractivity contribution >= 4 is 28.9 Å². The molecular weight excluding hydrogens is 297 g/mol. The average molecular weight is 316 g/mol. The van der Waals surface area contributed by atoms with Gasteiger partial charge in [0.25, 0.3) is 5.69 Å². The van der Waals surface area contributed by atoms with Gasteiger partial charge in [0.15, 0.2) is 0 Å². The molecule has 1 aliphatic carbocycles. The molecule has 0 aliphatic heterocycles. The number of rotatable bonds is 4. The molecule has 0 bridgehead atoms. The van der Waals surface area contributed by atoms with E-state index >= 15 is 0 Å². The molecule has 3 unspecified atom stereocenters. The van der Waals surface area contributed by atoms with Gasteiger partial charge >= 0.3 is 0 Å². The topological polar surface area (TPSA) is 43.1 Å². The molecule has 0 amide bonds. The number of hydrogen-bond acceptors (Lipinski definition) is 2. The van der Waals surface area contributed by atoms with Crippen LogP contribution in [0.3, 0.4) is 0 Å². The summed E-state index contributed by atoms with van der Waals surface area (Å²) in [5.74, 6) is 0.987. The van der Waals surface area contributed by atoms with Crippen LogP contribution in [0.2, 0.25) is 5.02 Å². The monoisotopic (exact) mass is 315 g/mol. The Morgan fingerprint density at radius 3 is 2.80 bits per heavy atom. The first-order chi connectivity index (χ1) is 9.51. The molecule has 0 N–H and O–H groups in total. The third kappa shape index (κ3) is 3.64. The summed E-state index contributed by atoms with van der Waals surface area (Å²) in [5, 5.41) is 11.8. The standard InChI is InChI=1S/C15H19Cl2NO2/c1-2-10-3-5-14(17)11(7-10)8-12-9-13(16)4-6-15(12)18(19)20/h4,6,9-11,14H,2-3,5,7-8H2,1H3. The van der Waals surface area contributed by atoms with Crippen LogP contribution in [0.4, 0.5) is 5.69 Å². The van der Waals surface area contributed by atoms with Crippen LogP contribution in [0.25, 0.3) is 0 Å². The number of nitro benzene ring substituents is 1. The first-order valence-corrected chi connectivity index (χ1v) is 7.89. The molecule has 1 aromatic rings. The zero-order chi connectivity index (χ0) is 14.7. The lowest BCUT2D eigenvalue weighted by atomic mass is 9.77. The molecule has 3 nitrogen and oxygen atoms in total. The van der Waals surface area contributed by atoms with Crippen LogP contribution in [0.5, 0.6) is 0 Å². The maximum atomic E-state index is 11.1. The molecule has 0 spiro atoms. The minimum absolute atomic E-state index is 0.108. The second-order valence-corrected chi connectivity index (χ2v) is 6.59. The van der Waals surface area contributed by atoms with Gasteiger partial charge in [-0.25, -0.2) is 0 Å². The summed E-state index contributed by atoms with van der Waals surface area (Å²) in [6, 6.07) is 4.76. The van der Waals surface area contributed by atoms with E-state index in [1.54, 1.807) is 12.1 Å². The Balaban J connectivity index is 2.19. The number of alkyl halides is 1. The SMILES string of the molecule is CCC1CCC(Cl)C(Cc2cc(Cl)ccc2[N+](=O)[O-])C1. The minimum Gasteiger partial charge on any atom is -0.258 e. The summed E-state index contributed by atoms with van der Waals surface area (Å²) in [6.45, 7) is 2.19. The van der Waals surface area contributed by atoms with Gasteiger partial charge in [-0.15, -0.1) is 11.6 Å². The highest BCUT2D eigenvalue weighted by molar-refractivity contribution is 6.30. The van der Waals surface area contributed by atoms with E-state index in [9.17, 15) is 10.1 Å². The molecule has 110 valence electrons. The van der Waals surface area contributed by atoms with Crippen LogP contribution in [0, 0.1) is 22.0 Å². The smallest absolute Gasteiger partial charge is 0.258 e. The van der Waals surface area contributed by atoms with Crippen LogP contribution in [0.1, 0.15) is 38.2 Å². The Labute approximate surface area is 129 Å². The first kappa shape index (κ1) is 15.6. The molecule has 1 aromatic carbocycles. The fourth-order valence-corrected chi connectivity index (χ4v) is 3.60. The second kappa shape index (κ2) is 6.77. The molecule has 1 saturated carbocycles. The molecular formula is C15H19Cl2NO2. The van der Waals surface area contributed by atoms with Crippen LogP contribution in [-0.4, -0.2) is 10.3 Å². The summed E-state index contributed by atoms with van der Waals surface area (Å²) in [7, 11) is 0. The summed E-state index contributed by atoms with van der Waals surface area (Å²) in [5.41, 5.74) is 0.854. The van der Waals surface area contributed by atoms with E-state index in [-0.39, 0.29) is 16.0 Å². The summed E-state index contributed by atoms with van der Waals surface area (Å²) in [4.78, 5) is 10.8. The van der Waals surface area contributed by atoms with E-state index in [4.69, 9.17) is 23.2 Å². The highest BCUT2D eigenvalue weighted by Gasteiger charge is 2.30. The Morgan fingerprint density at radius 2 is 2.15 bits per heavy atom. The van der Waals surface area contributed by atoms with Gasteiger partial charge in [-0.1, -0.05) is 24.9 Å². The maximum absolute atomic E-state index is 11.1. The van der Waals surface area contributed by atoms with Gasteiger partial charge in [-0.05, 0) is 49.7 Å². The Bertz CT molecular complexity index is 493. The van der Waals surface area contributed by atoms with Crippen molar-refractivity contribution in [1.29, 1.82) is 0 Å². The fourth-order valence-electron chi connectivity index (χ4n) is 3.08. The lowest BCUT2D eigenvalue weighted by Gasteiger charge is -2.32. The lowest BCUT2D eigenvalue weighted by molar-refractivity contribution is -0.385. The van der Waals surface area contributed by atoms with Gasteiger partial charge in [0, 0.05) is 22.0 Å². The van der Waals surface area contributed by atoms with Crippen LogP contribution < -0.4 is 0 Å². The number of nitro groups is 1. The third-order valence-corrected chi connectivity index (χ3v) is 5.11. The van der Waals surface area contributed by atoms with Gasteiger partial charge in [0.1, 0.15) is 0 Å². The van der Waals surface area contributed by atoms with Crippen LogP contribution in [0.15, 0.2) is 18.2 Å². The molecule has 20 heavy (non-hydrogen) atoms. The van der Waals surface area contributed by atoms with E-state index in [1.807, 2.05) is 0 Å². The van der Waals surface area contributed by atoms with E-state index in [0.29, 0.717) is 28.8 Å². The molecule has 3 atom stereocenters. The van der Waals surface area contributed by atoms with E-state index in [2.05, 4.69) is 6.92 Å². The van der Waals surface area contributed by atoms with Gasteiger partial charge in [0.2, 0.25) is 0 Å². The van der Waals surface area contributed by atoms with Crippen molar-refractivity contribution < 1.29 is 4.92 Å². The zero-order valence-corrected chi connectivity index (χ0v) is 13.0. The first-order valence-electron chi connectivity index (χ1n) is 7.08. The Morgan fingerprint density at radius 1 is 1.40 bits per heavy atom. The largest absolute Gasteiger partial charge is 0.272 e. The quantitative estimate of drug-likeness (QED) is 0.434. The van der Waals surface area contributed by atoms with E-state index < -0.39 is 0 Å². The number of benzene rings is 1. The number of halogens is 2. The van der Waals surface area contributed by atoms with Crippen molar-refractivity contribution in [2.75, 3.05) is 0 Å². The number of hydrogen-bond donors (Lipinski definition) is 0. The second-order valence-electron chi connectivity index (χ2n) is 5.60. The van der Waals surface area contributed by atoms with Crippen molar-refractivity contribution in [3.63, 3.8) is 0 Å². The van der Waals surface area contributed by atoms with E-state index in [1.165, 1.54) is 12.5 Å². The fraction of sp³-hybridized carbons (Fsp3) is 0.600. The summed E-state index contributed by atoms with van der Waals surface area (Å²) >= 11 is 12.4. The van der Waals surface area contributed by atoms with E-state index in [0.717, 1.165) is 19.3 Å². The summed E-state index contributed by atoms with van der Waals surface area (Å²) < 4.78 is 0. The molecule has 0 saturated heterocycles. The molecule has 0 heterocycles. The van der Waals surface area contributed by atoms with Crippen molar-refractivity contribution in [2.24, 2.45) is 11.8 Å². The summed E-state index contributed by atoms with van der Waals surface area (Å²) in [6.07, 6.45) is 5.01. The van der Waals surface area contributed by atoms with Crippen LogP contribution >= 0.6 is 23.2 Å². The molecule has 0 aromatic heterocycles. The molecule has 2 rings (SSSR count). The van der Waals surface area contributed by atoms with Gasteiger partial charge < -0.3 is 0 Å². The predicted molar refractivity (Wildman–Crippen MR) is 82.6 cm³/mol. The third-order valence-electron chi connectivity index (χ3n) is 4.30. The zero-order valence-electron chi connectivity index (χ0n) is 11.5. The predicted octanol–water partition coefficient (Wildman–Crippen LogP) is 5.22. The highest BCUT2D eigenvalue weighted by atomic mass is 35.5. The minimum atomic E-state index is -0.338. The van der Waals surface area contributed by atoms with Crippen molar-refractivity contribution in [3.8, 4) is 0 Å². The molecule has 5 heteroatoms. The molecule has 1 fully saturated rings. The Hall–Kier alpha value is -0.800. The maximum Gasteiger partial charge on any atom is 0.272 e. The van der Waals surface area contributed by atoms with Gasteiger partial charge in [0.05, 0.1) is 4.92 Å². The Kier molecular flexibility index (Phi) is 5.28.